The highest BCUT2D eigenvalue weighted by Crippen LogP contribution is 2.23. The normalized spacial score (nSPS) is 11.3. The first-order valence-electron chi connectivity index (χ1n) is 3.72. The van der Waals surface area contributed by atoms with Crippen LogP contribution in [-0.2, 0) is 14.3 Å². The van der Waals surface area contributed by atoms with Crippen LogP contribution in [0, 0.1) is 0 Å². The van der Waals surface area contributed by atoms with Gasteiger partial charge in [0.15, 0.2) is 0 Å². The molecule has 1 rings (SSSR count). The average molecular weight is 251 g/mol. The van der Waals surface area contributed by atoms with E-state index in [9.17, 15) is 13.2 Å². The van der Waals surface area contributed by atoms with Crippen LogP contribution >= 0.6 is 11.6 Å². The summed E-state index contributed by atoms with van der Waals surface area (Å²) in [6.07, 6.45) is 0. The molecule has 0 saturated carbocycles. The van der Waals surface area contributed by atoms with E-state index in [-0.39, 0.29) is 15.5 Å². The molecule has 1 aromatic rings. The summed E-state index contributed by atoms with van der Waals surface area (Å²) in [5.74, 6) is -1.24. The van der Waals surface area contributed by atoms with Crippen molar-refractivity contribution in [2.75, 3.05) is 7.11 Å². The molecule has 0 heterocycles. The van der Waals surface area contributed by atoms with Gasteiger partial charge in [-0.15, -0.1) is 0 Å². The third-order valence-corrected chi connectivity index (χ3v) is 3.42. The van der Waals surface area contributed by atoms with Gasteiger partial charge in [-0.3, -0.25) is 4.18 Å². The summed E-state index contributed by atoms with van der Waals surface area (Å²) in [6.45, 7) is 0. The molecular weight excluding hydrogens is 244 g/mol. The Morgan fingerprint density at radius 1 is 1.47 bits per heavy atom. The average Bonchev–Trinajstić information content (AvgIpc) is 2.17. The Hall–Kier alpha value is -1.11. The fourth-order valence-electron chi connectivity index (χ4n) is 0.918. The first-order chi connectivity index (χ1) is 6.88. The van der Waals surface area contributed by atoms with Gasteiger partial charge >= 0.3 is 5.97 Å². The second-order valence-corrected chi connectivity index (χ2v) is 4.66. The third kappa shape index (κ3) is 2.47. The molecule has 0 spiro atoms. The van der Waals surface area contributed by atoms with Gasteiger partial charge < -0.3 is 5.11 Å². The second kappa shape index (κ2) is 4.18. The van der Waals surface area contributed by atoms with Crippen molar-refractivity contribution < 1.29 is 22.5 Å². The topological polar surface area (TPSA) is 80.7 Å². The summed E-state index contributed by atoms with van der Waals surface area (Å²) < 4.78 is 26.8. The summed E-state index contributed by atoms with van der Waals surface area (Å²) >= 11 is 5.61. The van der Waals surface area contributed by atoms with Crippen LogP contribution in [0.25, 0.3) is 0 Å². The Morgan fingerprint density at radius 2 is 2.07 bits per heavy atom. The van der Waals surface area contributed by atoms with Gasteiger partial charge in [0.1, 0.15) is 4.90 Å². The second-order valence-electron chi connectivity index (χ2n) is 2.57. The first-order valence-corrected chi connectivity index (χ1v) is 5.50. The summed E-state index contributed by atoms with van der Waals surface area (Å²) in [5, 5.41) is 8.58. The molecule has 7 heteroatoms. The molecule has 0 aliphatic rings. The Labute approximate surface area is 91.4 Å². The number of benzene rings is 1. The number of carboxylic acids is 1. The zero-order valence-corrected chi connectivity index (χ0v) is 9.17. The van der Waals surface area contributed by atoms with E-state index in [1.54, 1.807) is 0 Å². The van der Waals surface area contributed by atoms with Gasteiger partial charge in [0, 0.05) is 0 Å². The van der Waals surface area contributed by atoms with Crippen LogP contribution in [0.4, 0.5) is 0 Å². The molecule has 0 bridgehead atoms. The summed E-state index contributed by atoms with van der Waals surface area (Å²) in [5.41, 5.74) is -0.171. The Bertz CT molecular complexity index is 494. The standard InChI is InChI=1S/C8H7ClO5S/c1-14-15(12,13)7-4-5(8(10)11)2-3-6(7)9/h2-4H,1H3,(H,10,11). The molecule has 0 atom stereocenters. The van der Waals surface area contributed by atoms with E-state index >= 15 is 0 Å². The van der Waals surface area contributed by atoms with Gasteiger partial charge in [-0.2, -0.15) is 8.42 Å². The highest BCUT2D eigenvalue weighted by atomic mass is 35.5. The van der Waals surface area contributed by atoms with Gasteiger partial charge in [-0.25, -0.2) is 4.79 Å². The molecule has 0 aliphatic carbocycles. The Kier molecular flexibility index (Phi) is 3.33. The van der Waals surface area contributed by atoms with Gasteiger partial charge in [-0.05, 0) is 18.2 Å². The molecule has 0 aromatic heterocycles. The van der Waals surface area contributed by atoms with Crippen LogP contribution in [0.3, 0.4) is 0 Å². The van der Waals surface area contributed by atoms with Gasteiger partial charge in [0.05, 0.1) is 17.7 Å². The van der Waals surface area contributed by atoms with E-state index in [0.717, 1.165) is 13.2 Å². The van der Waals surface area contributed by atoms with E-state index in [1.807, 2.05) is 0 Å². The van der Waals surface area contributed by atoms with Gasteiger partial charge in [0.2, 0.25) is 0 Å². The lowest BCUT2D eigenvalue weighted by Gasteiger charge is -2.04. The van der Waals surface area contributed by atoms with E-state index in [4.69, 9.17) is 16.7 Å². The summed E-state index contributed by atoms with van der Waals surface area (Å²) in [7, 11) is -3.01. The van der Waals surface area contributed by atoms with E-state index in [2.05, 4.69) is 4.18 Å². The SMILES string of the molecule is COS(=O)(=O)c1cc(C(=O)O)ccc1Cl. The van der Waals surface area contributed by atoms with Crippen molar-refractivity contribution in [3.05, 3.63) is 28.8 Å². The van der Waals surface area contributed by atoms with Crippen LogP contribution in [0.15, 0.2) is 23.1 Å². The molecule has 1 N–H and O–H groups in total. The van der Waals surface area contributed by atoms with Crippen LogP contribution in [0.5, 0.6) is 0 Å². The van der Waals surface area contributed by atoms with E-state index in [0.29, 0.717) is 0 Å². The predicted octanol–water partition coefficient (Wildman–Crippen LogP) is 1.37. The van der Waals surface area contributed by atoms with Crippen molar-refractivity contribution in [1.29, 1.82) is 0 Å². The minimum absolute atomic E-state index is 0.0816. The maximum atomic E-state index is 11.3. The molecular formula is C8H7ClO5S. The molecule has 82 valence electrons. The number of rotatable bonds is 3. The molecule has 0 unspecified atom stereocenters. The number of hydrogen-bond donors (Lipinski definition) is 1. The number of halogens is 1. The fourth-order valence-corrected chi connectivity index (χ4v) is 2.08. The largest absolute Gasteiger partial charge is 0.478 e. The van der Waals surface area contributed by atoms with Crippen molar-refractivity contribution in [2.24, 2.45) is 0 Å². The summed E-state index contributed by atoms with van der Waals surface area (Å²) in [4.78, 5) is 10.2. The van der Waals surface area contributed by atoms with Crippen molar-refractivity contribution in [2.45, 2.75) is 4.90 Å². The van der Waals surface area contributed by atoms with Crippen molar-refractivity contribution in [3.8, 4) is 0 Å². The summed E-state index contributed by atoms with van der Waals surface area (Å²) in [6, 6.07) is 3.35. The van der Waals surface area contributed by atoms with Crippen LogP contribution < -0.4 is 0 Å². The highest BCUT2D eigenvalue weighted by molar-refractivity contribution is 7.86. The first kappa shape index (κ1) is 12.0. The molecule has 0 radical (unpaired) electrons. The quantitative estimate of drug-likeness (QED) is 0.820. The molecule has 0 amide bonds. The van der Waals surface area contributed by atoms with Crippen molar-refractivity contribution >= 4 is 27.7 Å². The lowest BCUT2D eigenvalue weighted by molar-refractivity contribution is 0.0696. The van der Waals surface area contributed by atoms with Crippen molar-refractivity contribution in [3.63, 3.8) is 0 Å². The minimum atomic E-state index is -3.98. The number of carbonyl (C=O) groups is 1. The predicted molar refractivity (Wildman–Crippen MR) is 52.6 cm³/mol. The minimum Gasteiger partial charge on any atom is -0.478 e. The van der Waals surface area contributed by atoms with Crippen molar-refractivity contribution in [1.82, 2.24) is 0 Å². The maximum Gasteiger partial charge on any atom is 0.335 e. The Balaban J connectivity index is 3.42. The zero-order valence-electron chi connectivity index (χ0n) is 7.60. The van der Waals surface area contributed by atoms with E-state index < -0.39 is 16.1 Å². The molecule has 0 fully saturated rings. The van der Waals surface area contributed by atoms with E-state index in [1.165, 1.54) is 12.1 Å². The molecule has 5 nitrogen and oxygen atoms in total. The lowest BCUT2D eigenvalue weighted by Crippen LogP contribution is -2.06. The fraction of sp³-hybridized carbons (Fsp3) is 0.125. The molecule has 0 aliphatic heterocycles. The van der Waals surface area contributed by atoms with Gasteiger partial charge in [0.25, 0.3) is 10.1 Å². The number of carboxylic acid groups (broad SMARTS) is 1. The molecule has 1 aromatic carbocycles. The number of aromatic carboxylic acids is 1. The Morgan fingerprint density at radius 3 is 2.53 bits per heavy atom. The smallest absolute Gasteiger partial charge is 0.335 e. The molecule has 15 heavy (non-hydrogen) atoms. The van der Waals surface area contributed by atoms with Gasteiger partial charge in [-0.1, -0.05) is 11.6 Å². The number of hydrogen-bond acceptors (Lipinski definition) is 4. The molecule has 0 saturated heterocycles. The van der Waals surface area contributed by atoms with Crippen LogP contribution in [-0.4, -0.2) is 26.6 Å². The maximum absolute atomic E-state index is 11.3. The zero-order chi connectivity index (χ0) is 11.6. The van der Waals surface area contributed by atoms with Crippen LogP contribution in [0.1, 0.15) is 10.4 Å². The van der Waals surface area contributed by atoms with Crippen LogP contribution in [0.2, 0.25) is 5.02 Å². The third-order valence-electron chi connectivity index (χ3n) is 1.67. The lowest BCUT2D eigenvalue weighted by atomic mass is 10.2. The highest BCUT2D eigenvalue weighted by Gasteiger charge is 2.19. The monoisotopic (exact) mass is 250 g/mol.